The Bertz CT molecular complexity index is 667. The van der Waals surface area contributed by atoms with Crippen LogP contribution < -0.4 is 0 Å². The van der Waals surface area contributed by atoms with Gasteiger partial charge in [-0.05, 0) is 75.5 Å². The average molecular weight is 679 g/mol. The summed E-state index contributed by atoms with van der Waals surface area (Å²) in [4.78, 5) is 36.3. The average Bonchev–Trinajstić information content (AvgIpc) is 3.06. The van der Waals surface area contributed by atoms with Crippen LogP contribution in [0.5, 0.6) is 0 Å². The second kappa shape index (κ2) is 32.6. The van der Waals surface area contributed by atoms with E-state index in [2.05, 4.69) is 20.8 Å². The minimum absolute atomic E-state index is 0.0316. The molecule has 48 heavy (non-hydrogen) atoms. The van der Waals surface area contributed by atoms with Crippen molar-refractivity contribution in [3.8, 4) is 0 Å². The third-order valence-corrected chi connectivity index (χ3v) is 10.3. The number of carbonyl (C=O) groups excluding carboxylic acids is 3. The highest BCUT2D eigenvalue weighted by molar-refractivity contribution is 5.69. The van der Waals surface area contributed by atoms with Gasteiger partial charge in [0.15, 0.2) is 0 Å². The lowest BCUT2D eigenvalue weighted by Crippen LogP contribution is -2.07. The topological polar surface area (TPSA) is 78.9 Å². The highest BCUT2D eigenvalue weighted by Gasteiger charge is 2.09. The van der Waals surface area contributed by atoms with Gasteiger partial charge in [0.2, 0.25) is 0 Å². The number of cyclic esters (lactones) is 3. The van der Waals surface area contributed by atoms with Crippen LogP contribution in [0, 0.1) is 17.8 Å². The van der Waals surface area contributed by atoms with Crippen LogP contribution in [0.25, 0.3) is 0 Å². The van der Waals surface area contributed by atoms with Gasteiger partial charge in [-0.25, -0.2) is 0 Å². The second-order valence-electron chi connectivity index (χ2n) is 15.4. The van der Waals surface area contributed by atoms with Gasteiger partial charge < -0.3 is 14.2 Å². The maximum atomic E-state index is 12.1. The Balaban J connectivity index is 2.26. The summed E-state index contributed by atoms with van der Waals surface area (Å²) in [6.45, 7) is 8.63. The molecule has 1 aliphatic rings. The molecule has 6 nitrogen and oxygen atoms in total. The minimum Gasteiger partial charge on any atom is -0.466 e. The van der Waals surface area contributed by atoms with E-state index in [0.717, 1.165) is 77.0 Å². The van der Waals surface area contributed by atoms with E-state index in [1.165, 1.54) is 96.3 Å². The van der Waals surface area contributed by atoms with Crippen molar-refractivity contribution >= 4 is 17.9 Å². The zero-order chi connectivity index (χ0) is 34.9. The van der Waals surface area contributed by atoms with Crippen LogP contribution >= 0.6 is 0 Å². The third-order valence-electron chi connectivity index (χ3n) is 10.3. The van der Waals surface area contributed by atoms with Gasteiger partial charge in [-0.3, -0.25) is 14.4 Å². The summed E-state index contributed by atoms with van der Waals surface area (Å²) in [7, 11) is 0. The van der Waals surface area contributed by atoms with Gasteiger partial charge in [-0.15, -0.1) is 0 Å². The molecule has 3 atom stereocenters. The monoisotopic (exact) mass is 679 g/mol. The first-order chi connectivity index (χ1) is 23.4. The zero-order valence-corrected chi connectivity index (χ0v) is 32.0. The first-order valence-electron chi connectivity index (χ1n) is 20.8. The second-order valence-corrected chi connectivity index (χ2v) is 15.4. The van der Waals surface area contributed by atoms with E-state index in [0.29, 0.717) is 56.8 Å². The van der Waals surface area contributed by atoms with Crippen molar-refractivity contribution in [1.29, 1.82) is 0 Å². The van der Waals surface area contributed by atoms with Gasteiger partial charge in [-0.2, -0.15) is 0 Å². The van der Waals surface area contributed by atoms with Gasteiger partial charge in [-0.1, -0.05) is 136 Å². The fourth-order valence-electron chi connectivity index (χ4n) is 6.91. The molecule has 0 saturated carbocycles. The van der Waals surface area contributed by atoms with Crippen molar-refractivity contribution in [2.24, 2.45) is 17.8 Å². The van der Waals surface area contributed by atoms with Crippen molar-refractivity contribution < 1.29 is 28.6 Å². The van der Waals surface area contributed by atoms with Gasteiger partial charge in [0.05, 0.1) is 19.8 Å². The maximum Gasteiger partial charge on any atom is 0.305 e. The fourth-order valence-corrected chi connectivity index (χ4v) is 6.91. The lowest BCUT2D eigenvalue weighted by Gasteiger charge is -2.12. The zero-order valence-electron chi connectivity index (χ0n) is 32.0. The molecule has 0 N–H and O–H groups in total. The Morgan fingerprint density at radius 3 is 0.792 bits per heavy atom. The number of carbonyl (C=O) groups is 3. The third kappa shape index (κ3) is 30.5. The standard InChI is InChI=1S/C42H78O6/c1-37-25-16-10-4-7-13-19-32-41(44)47-35-23-29-39(3)27-18-12-6-9-15-21-33-42(45)48-36-24-30-38(2)26-17-11-5-8-14-20-31-40(43)46-34-22-28-37/h37-39H,4-36H2,1-3H3/t37-,38?,39?/m0/s1. The first-order valence-corrected chi connectivity index (χ1v) is 20.8. The lowest BCUT2D eigenvalue weighted by molar-refractivity contribution is -0.144. The van der Waals surface area contributed by atoms with Crippen molar-refractivity contribution in [2.45, 2.75) is 213 Å². The van der Waals surface area contributed by atoms with Gasteiger partial charge in [0, 0.05) is 19.3 Å². The predicted octanol–water partition coefficient (Wildman–Crippen LogP) is 12.2. The lowest BCUT2D eigenvalue weighted by atomic mass is 9.97. The smallest absolute Gasteiger partial charge is 0.305 e. The van der Waals surface area contributed by atoms with Crippen LogP contribution in [0.15, 0.2) is 0 Å². The molecule has 1 saturated heterocycles. The molecule has 2 unspecified atom stereocenters. The SMILES string of the molecule is CC1CCCCCCCCC(=O)OCCCC(C)CCCCCCCCC(=O)OCCC[C@@H](C)CCCCCCCCC(=O)OCCC1. The summed E-state index contributed by atoms with van der Waals surface area (Å²) in [6.07, 6.45) is 32.7. The van der Waals surface area contributed by atoms with Crippen LogP contribution in [0.3, 0.4) is 0 Å². The molecule has 0 aromatic heterocycles. The van der Waals surface area contributed by atoms with Crippen LogP contribution in [-0.4, -0.2) is 37.7 Å². The van der Waals surface area contributed by atoms with Gasteiger partial charge in [0.25, 0.3) is 0 Å². The van der Waals surface area contributed by atoms with Gasteiger partial charge >= 0.3 is 17.9 Å². The molecule has 0 bridgehead atoms. The molecule has 0 aromatic rings. The molecular weight excluding hydrogens is 600 g/mol. The molecule has 1 rings (SSSR count). The van der Waals surface area contributed by atoms with E-state index in [9.17, 15) is 14.4 Å². The summed E-state index contributed by atoms with van der Waals surface area (Å²) in [6, 6.07) is 0. The Kier molecular flexibility index (Phi) is 30.2. The highest BCUT2D eigenvalue weighted by Crippen LogP contribution is 2.20. The van der Waals surface area contributed by atoms with Crippen LogP contribution in [0.2, 0.25) is 0 Å². The van der Waals surface area contributed by atoms with E-state index >= 15 is 0 Å². The summed E-state index contributed by atoms with van der Waals surface area (Å²) < 4.78 is 16.5. The quantitative estimate of drug-likeness (QED) is 0.187. The molecule has 0 aromatic carbocycles. The molecule has 1 heterocycles. The van der Waals surface area contributed by atoms with E-state index in [4.69, 9.17) is 14.2 Å². The van der Waals surface area contributed by atoms with E-state index in [1.807, 2.05) is 0 Å². The molecule has 0 amide bonds. The predicted molar refractivity (Wildman–Crippen MR) is 199 cm³/mol. The number of ether oxygens (including phenoxy) is 3. The molecule has 1 aliphatic heterocycles. The molecule has 0 aliphatic carbocycles. The normalized spacial score (nSPS) is 26.8. The van der Waals surface area contributed by atoms with Gasteiger partial charge in [0.1, 0.15) is 0 Å². The van der Waals surface area contributed by atoms with Crippen molar-refractivity contribution in [3.05, 3.63) is 0 Å². The van der Waals surface area contributed by atoms with E-state index in [-0.39, 0.29) is 17.9 Å². The molecular formula is C42H78O6. The van der Waals surface area contributed by atoms with E-state index < -0.39 is 0 Å². The van der Waals surface area contributed by atoms with Crippen LogP contribution in [0.1, 0.15) is 213 Å². The summed E-state index contributed by atoms with van der Waals surface area (Å²) in [5, 5.41) is 0. The Morgan fingerprint density at radius 1 is 0.312 bits per heavy atom. The highest BCUT2D eigenvalue weighted by atomic mass is 16.5. The molecule has 1 fully saturated rings. The summed E-state index contributed by atoms with van der Waals surface area (Å²) in [5.74, 6) is 1.94. The number of esters is 3. The number of rotatable bonds is 0. The molecule has 6 heteroatoms. The van der Waals surface area contributed by atoms with Crippen molar-refractivity contribution in [1.82, 2.24) is 0 Å². The van der Waals surface area contributed by atoms with Crippen LogP contribution in [-0.2, 0) is 28.6 Å². The summed E-state index contributed by atoms with van der Waals surface area (Å²) in [5.41, 5.74) is 0. The molecule has 0 spiro atoms. The molecule has 282 valence electrons. The number of hydrogen-bond donors (Lipinski definition) is 0. The first kappa shape index (κ1) is 44.4. The Morgan fingerprint density at radius 2 is 0.521 bits per heavy atom. The Labute approximate surface area is 297 Å². The Hall–Kier alpha value is -1.59. The molecule has 0 radical (unpaired) electrons. The number of hydrogen-bond acceptors (Lipinski definition) is 6. The minimum atomic E-state index is -0.0316. The van der Waals surface area contributed by atoms with E-state index in [1.54, 1.807) is 0 Å². The van der Waals surface area contributed by atoms with Crippen LogP contribution in [0.4, 0.5) is 0 Å². The van der Waals surface area contributed by atoms with Crippen molar-refractivity contribution in [3.63, 3.8) is 0 Å². The largest absolute Gasteiger partial charge is 0.466 e. The fraction of sp³-hybridized carbons (Fsp3) is 0.929. The van der Waals surface area contributed by atoms with Crippen molar-refractivity contribution in [2.75, 3.05) is 19.8 Å². The maximum absolute atomic E-state index is 12.1. The summed E-state index contributed by atoms with van der Waals surface area (Å²) >= 11 is 0.